The van der Waals surface area contributed by atoms with E-state index in [1.165, 1.54) is 29.9 Å². The summed E-state index contributed by atoms with van der Waals surface area (Å²) in [6.07, 6.45) is -14.3. The van der Waals surface area contributed by atoms with E-state index >= 15 is 0 Å². The van der Waals surface area contributed by atoms with Crippen LogP contribution in [0.4, 0.5) is 0 Å². The lowest BCUT2D eigenvalue weighted by Crippen LogP contribution is -2.58. The van der Waals surface area contributed by atoms with E-state index in [0.29, 0.717) is 0 Å². The molecule has 7 N–H and O–H groups in total. The number of hydrogen-bond acceptors (Lipinski definition) is 11. The molecule has 9 atom stereocenters. The van der Waals surface area contributed by atoms with E-state index in [2.05, 4.69) is 17.1 Å². The molecule has 0 bridgehead atoms. The van der Waals surface area contributed by atoms with Crippen LogP contribution in [0.3, 0.4) is 0 Å². The average Bonchev–Trinajstić information content (AvgIpc) is 2.59. The molecule has 0 aliphatic heterocycles. The highest BCUT2D eigenvalue weighted by atomic mass is 127. The van der Waals surface area contributed by atoms with Crippen LogP contribution in [0.1, 0.15) is 6.92 Å². The van der Waals surface area contributed by atoms with Crippen molar-refractivity contribution in [1.82, 2.24) is 0 Å². The Morgan fingerprint density at radius 3 is 1.75 bits per heavy atom. The first-order chi connectivity index (χ1) is 11.2. The van der Waals surface area contributed by atoms with Crippen LogP contribution >= 0.6 is 35.9 Å². The highest BCUT2D eigenvalue weighted by Gasteiger charge is 2.43. The van der Waals surface area contributed by atoms with Gasteiger partial charge in [-0.3, -0.25) is 0 Å². The van der Waals surface area contributed by atoms with E-state index < -0.39 is 61.5 Å². The van der Waals surface area contributed by atoms with Crippen LogP contribution in [0.25, 0.3) is 0 Å². The molecule has 0 heterocycles. The third kappa shape index (κ3) is 6.48. The van der Waals surface area contributed by atoms with Crippen molar-refractivity contribution >= 4 is 44.0 Å². The number of aliphatic hydroxyl groups is 7. The van der Waals surface area contributed by atoms with Gasteiger partial charge in [0, 0.05) is 0 Å². The number of halogens is 1. The van der Waals surface area contributed by atoms with Gasteiger partial charge in [0.1, 0.15) is 65.7 Å². The molecule has 24 heavy (non-hydrogen) atoms. The van der Waals surface area contributed by atoms with Gasteiger partial charge in [0.25, 0.3) is 8.05 Å². The summed E-state index contributed by atoms with van der Waals surface area (Å²) in [7, 11) is 1.13. The molecule has 144 valence electrons. The lowest BCUT2D eigenvalue weighted by molar-refractivity contribution is -0.169. The molecule has 0 rings (SSSR count). The second-order valence-corrected chi connectivity index (χ2v) is 5.99. The molecule has 0 aromatic rings. The number of thiol groups is 1. The Bertz CT molecular complexity index is 346. The summed E-state index contributed by atoms with van der Waals surface area (Å²) in [5, 5.41) is 68.6. The predicted molar refractivity (Wildman–Crippen MR) is 95.0 cm³/mol. The first kappa shape index (κ1) is 24.7. The molecule has 0 saturated carbocycles. The van der Waals surface area contributed by atoms with Crippen molar-refractivity contribution < 1.29 is 47.6 Å². The molecule has 0 radical (unpaired) electrons. The minimum atomic E-state index is -1.87. The summed E-state index contributed by atoms with van der Waals surface area (Å²) in [6, 6.07) is 0. The summed E-state index contributed by atoms with van der Waals surface area (Å²) in [5.41, 5.74) is 0. The Labute approximate surface area is 160 Å². The summed E-state index contributed by atoms with van der Waals surface area (Å²) in [5.74, 6) is 0. The van der Waals surface area contributed by atoms with Crippen LogP contribution < -0.4 is 0 Å². The van der Waals surface area contributed by atoms with E-state index in [4.69, 9.17) is 12.8 Å². The maximum Gasteiger partial charge on any atom is 0.257 e. The predicted octanol–water partition coefficient (Wildman–Crippen LogP) is -3.94. The molecule has 9 unspecified atom stereocenters. The minimum Gasteiger partial charge on any atom is -0.436 e. The summed E-state index contributed by atoms with van der Waals surface area (Å²) < 4.78 is 14.2. The Balaban J connectivity index is 5.15. The Morgan fingerprint density at radius 1 is 0.917 bits per heavy atom. The molecule has 0 aromatic carbocycles. The molecular formula is C11H24BIO10S. The molecule has 0 aromatic heterocycles. The van der Waals surface area contributed by atoms with Crippen molar-refractivity contribution in [2.45, 2.75) is 61.9 Å². The van der Waals surface area contributed by atoms with Gasteiger partial charge < -0.3 is 47.6 Å². The van der Waals surface area contributed by atoms with E-state index in [0.717, 1.165) is 8.05 Å². The van der Waals surface area contributed by atoms with Gasteiger partial charge in [0.05, 0.1) is 18.8 Å². The maximum atomic E-state index is 10.1. The van der Waals surface area contributed by atoms with Crippen LogP contribution in [-0.4, -0.2) is 105 Å². The molecule has 0 aliphatic carbocycles. The van der Waals surface area contributed by atoms with E-state index in [1.54, 1.807) is 0 Å². The van der Waals surface area contributed by atoms with Gasteiger partial charge in [-0.05, 0) is 19.8 Å². The molecule has 0 amide bonds. The SMILES string of the molecule is BOC(C(O)CO)C(O)C(O)C(OS)C(O)C(O)C(O)C(C)OI. The average molecular weight is 486 g/mol. The van der Waals surface area contributed by atoms with E-state index in [-0.39, 0.29) is 0 Å². The van der Waals surface area contributed by atoms with Crippen LogP contribution in [0, 0.1) is 0 Å². The summed E-state index contributed by atoms with van der Waals surface area (Å²) in [6.45, 7) is 0.691. The van der Waals surface area contributed by atoms with Crippen molar-refractivity contribution in [2.75, 3.05) is 6.61 Å². The molecule has 13 heteroatoms. The van der Waals surface area contributed by atoms with Gasteiger partial charge in [-0.2, -0.15) is 0 Å². The smallest absolute Gasteiger partial charge is 0.257 e. The topological polar surface area (TPSA) is 169 Å². The highest BCUT2D eigenvalue weighted by Crippen LogP contribution is 2.21. The molecule has 10 nitrogen and oxygen atoms in total. The van der Waals surface area contributed by atoms with Crippen LogP contribution in [0.15, 0.2) is 0 Å². The van der Waals surface area contributed by atoms with Crippen molar-refractivity contribution in [3.63, 3.8) is 0 Å². The van der Waals surface area contributed by atoms with Gasteiger partial charge >= 0.3 is 0 Å². The summed E-state index contributed by atoms with van der Waals surface area (Å²) >= 11 is 4.99. The third-order valence-electron chi connectivity index (χ3n) is 3.64. The van der Waals surface area contributed by atoms with Gasteiger partial charge in [0.2, 0.25) is 0 Å². The molecule has 0 spiro atoms. The third-order valence-corrected chi connectivity index (χ3v) is 4.69. The Hall–Kier alpha value is 0.745. The molecule has 0 fully saturated rings. The number of aliphatic hydroxyl groups excluding tert-OH is 7. The number of rotatable bonds is 12. The zero-order chi connectivity index (χ0) is 19.0. The standard InChI is InChI=1S/C11H24BIO10S/c1-3(22-13)5(16)6(17)7(18)11(23-24)9(20)8(19)10(21-12)4(15)2-14/h3-11,14-20,24H,2,12H2,1H3. The van der Waals surface area contributed by atoms with Crippen molar-refractivity contribution in [1.29, 1.82) is 0 Å². The van der Waals surface area contributed by atoms with Crippen LogP contribution in [0.5, 0.6) is 0 Å². The summed E-state index contributed by atoms with van der Waals surface area (Å²) in [4.78, 5) is 0. The fourth-order valence-corrected chi connectivity index (χ4v) is 2.62. The minimum absolute atomic E-state index is 0.747. The molecule has 0 saturated heterocycles. The monoisotopic (exact) mass is 486 g/mol. The van der Waals surface area contributed by atoms with Crippen molar-refractivity contribution in [2.24, 2.45) is 0 Å². The first-order valence-electron chi connectivity index (χ1n) is 6.97. The van der Waals surface area contributed by atoms with E-state index in [1.807, 2.05) is 0 Å². The lowest BCUT2D eigenvalue weighted by Gasteiger charge is -2.36. The van der Waals surface area contributed by atoms with Gasteiger partial charge in [-0.1, -0.05) is 0 Å². The second-order valence-electron chi connectivity index (χ2n) is 5.27. The van der Waals surface area contributed by atoms with Gasteiger partial charge in [-0.15, -0.1) is 0 Å². The van der Waals surface area contributed by atoms with Crippen molar-refractivity contribution in [3.8, 4) is 0 Å². The Kier molecular flexibility index (Phi) is 12.6. The molecule has 0 aliphatic rings. The highest BCUT2D eigenvalue weighted by molar-refractivity contribution is 14.1. The Morgan fingerprint density at radius 2 is 1.38 bits per heavy atom. The van der Waals surface area contributed by atoms with Crippen LogP contribution in [0.2, 0.25) is 0 Å². The van der Waals surface area contributed by atoms with Crippen molar-refractivity contribution in [3.05, 3.63) is 0 Å². The maximum absolute atomic E-state index is 10.1. The van der Waals surface area contributed by atoms with Gasteiger partial charge in [0.15, 0.2) is 0 Å². The normalized spacial score (nSPS) is 23.6. The molecular weight excluding hydrogens is 462 g/mol. The largest absolute Gasteiger partial charge is 0.436 e. The van der Waals surface area contributed by atoms with Crippen LogP contribution in [-0.2, 0) is 11.9 Å². The fraction of sp³-hybridized carbons (Fsp3) is 1.00. The van der Waals surface area contributed by atoms with E-state index in [9.17, 15) is 30.6 Å². The first-order valence-corrected chi connectivity index (χ1v) is 8.22. The lowest BCUT2D eigenvalue weighted by atomic mass is 9.91. The number of hydrogen-bond donors (Lipinski definition) is 8. The van der Waals surface area contributed by atoms with Gasteiger partial charge in [-0.25, -0.2) is 0 Å². The fourth-order valence-electron chi connectivity index (χ4n) is 2.07. The zero-order valence-corrected chi connectivity index (χ0v) is 16.1. The second kappa shape index (κ2) is 12.2. The quantitative estimate of drug-likeness (QED) is 0.0591. The zero-order valence-electron chi connectivity index (χ0n) is 13.1.